The van der Waals surface area contributed by atoms with E-state index in [1.165, 1.54) is 13.0 Å². The van der Waals surface area contributed by atoms with Crippen LogP contribution in [-0.2, 0) is 17.5 Å². The number of nitriles is 1. The zero-order valence-electron chi connectivity index (χ0n) is 19.2. The first-order chi connectivity index (χ1) is 17.0. The van der Waals surface area contributed by atoms with E-state index >= 15 is 8.78 Å². The summed E-state index contributed by atoms with van der Waals surface area (Å²) >= 11 is 0.941. The highest BCUT2D eigenvalue weighted by Crippen LogP contribution is 2.43. The van der Waals surface area contributed by atoms with Crippen LogP contribution < -0.4 is 0 Å². The van der Waals surface area contributed by atoms with Gasteiger partial charge in [0.15, 0.2) is 6.10 Å². The van der Waals surface area contributed by atoms with E-state index in [-0.39, 0.29) is 16.5 Å². The summed E-state index contributed by atoms with van der Waals surface area (Å²) < 4.78 is 74.5. The fraction of sp³-hybridized carbons (Fsp3) is 0.269. The largest absolute Gasteiger partial charge is 0.433 e. The third-order valence-electron chi connectivity index (χ3n) is 5.77. The predicted molar refractivity (Wildman–Crippen MR) is 127 cm³/mol. The topological polar surface area (TPSA) is 58.8 Å². The van der Waals surface area contributed by atoms with Crippen molar-refractivity contribution in [3.63, 3.8) is 0 Å². The van der Waals surface area contributed by atoms with E-state index in [1.807, 2.05) is 0 Å². The Kier molecular flexibility index (Phi) is 7.07. The Balaban J connectivity index is 1.67. The monoisotopic (exact) mass is 517 g/mol. The van der Waals surface area contributed by atoms with E-state index in [0.717, 1.165) is 29.0 Å². The number of pyridine rings is 1. The van der Waals surface area contributed by atoms with Crippen LogP contribution in [0.3, 0.4) is 0 Å². The lowest BCUT2D eigenvalue weighted by molar-refractivity contribution is -0.146. The summed E-state index contributed by atoms with van der Waals surface area (Å²) in [7, 11) is 0. The molecule has 0 bridgehead atoms. The SMILES string of the molecule is CCC(F)(F)C(OCc1ccc(C#N)c2ccccc12)c1sc(-c2ccc(C(F)(F)F)nc2)nc1C. The summed E-state index contributed by atoms with van der Waals surface area (Å²) in [6.07, 6.45) is -5.66. The molecule has 36 heavy (non-hydrogen) atoms. The minimum absolute atomic E-state index is 0.138. The van der Waals surface area contributed by atoms with Crippen molar-refractivity contribution in [2.24, 2.45) is 0 Å². The van der Waals surface area contributed by atoms with Gasteiger partial charge in [0.1, 0.15) is 10.7 Å². The highest BCUT2D eigenvalue weighted by atomic mass is 32.1. The molecule has 0 saturated heterocycles. The predicted octanol–water partition coefficient (Wildman–Crippen LogP) is 7.86. The number of aryl methyl sites for hydroxylation is 1. The molecule has 4 aromatic rings. The Hall–Kier alpha value is -3.42. The highest BCUT2D eigenvalue weighted by molar-refractivity contribution is 7.15. The summed E-state index contributed by atoms with van der Waals surface area (Å²) in [4.78, 5) is 7.94. The first-order valence-corrected chi connectivity index (χ1v) is 11.8. The van der Waals surface area contributed by atoms with Crippen LogP contribution in [0, 0.1) is 18.3 Å². The number of hydrogen-bond acceptors (Lipinski definition) is 5. The molecule has 0 saturated carbocycles. The van der Waals surface area contributed by atoms with E-state index in [2.05, 4.69) is 16.0 Å². The van der Waals surface area contributed by atoms with Gasteiger partial charge in [-0.25, -0.2) is 13.8 Å². The van der Waals surface area contributed by atoms with E-state index in [1.54, 1.807) is 43.3 Å². The number of aromatic nitrogens is 2. The van der Waals surface area contributed by atoms with Crippen LogP contribution in [-0.4, -0.2) is 15.9 Å². The molecule has 4 nitrogen and oxygen atoms in total. The summed E-state index contributed by atoms with van der Waals surface area (Å²) in [6.45, 7) is 2.78. The number of fused-ring (bicyclic) bond motifs is 1. The van der Waals surface area contributed by atoms with Crippen molar-refractivity contribution >= 4 is 22.1 Å². The van der Waals surface area contributed by atoms with Gasteiger partial charge in [0.05, 0.1) is 28.8 Å². The Morgan fingerprint density at radius 2 is 1.75 bits per heavy atom. The number of rotatable bonds is 7. The minimum Gasteiger partial charge on any atom is -0.362 e. The molecule has 0 N–H and O–H groups in total. The Bertz CT molecular complexity index is 1420. The van der Waals surface area contributed by atoms with Crippen LogP contribution >= 0.6 is 11.3 Å². The number of benzene rings is 2. The Morgan fingerprint density at radius 3 is 2.36 bits per heavy atom. The maximum atomic E-state index is 15.1. The summed E-state index contributed by atoms with van der Waals surface area (Å²) in [5, 5.41) is 11.1. The third kappa shape index (κ3) is 5.08. The molecule has 2 aromatic heterocycles. The van der Waals surface area contributed by atoms with E-state index in [4.69, 9.17) is 4.74 Å². The summed E-state index contributed by atoms with van der Waals surface area (Å²) in [5.41, 5.74) is 0.665. The molecule has 0 aliphatic carbocycles. The molecular weight excluding hydrogens is 497 g/mol. The lowest BCUT2D eigenvalue weighted by Gasteiger charge is -2.26. The number of hydrogen-bond donors (Lipinski definition) is 0. The van der Waals surface area contributed by atoms with Gasteiger partial charge in [-0.2, -0.15) is 18.4 Å². The molecule has 0 aliphatic rings. The van der Waals surface area contributed by atoms with Gasteiger partial charge in [0, 0.05) is 18.2 Å². The second-order valence-corrected chi connectivity index (χ2v) is 9.16. The van der Waals surface area contributed by atoms with Crippen molar-refractivity contribution in [1.29, 1.82) is 5.26 Å². The van der Waals surface area contributed by atoms with Gasteiger partial charge in [-0.15, -0.1) is 11.3 Å². The summed E-state index contributed by atoms with van der Waals surface area (Å²) in [5.74, 6) is -3.23. The third-order valence-corrected chi connectivity index (χ3v) is 7.02. The maximum absolute atomic E-state index is 15.1. The maximum Gasteiger partial charge on any atom is 0.433 e. The van der Waals surface area contributed by atoms with Gasteiger partial charge in [-0.05, 0) is 41.5 Å². The van der Waals surface area contributed by atoms with E-state index < -0.39 is 30.3 Å². The minimum atomic E-state index is -4.58. The Labute approximate surface area is 208 Å². The van der Waals surface area contributed by atoms with Gasteiger partial charge in [0.2, 0.25) is 0 Å². The molecule has 0 fully saturated rings. The standard InChI is InChI=1S/C26H20F5N3OS/c1-3-25(27,28)23(35-14-18-9-8-16(12-32)19-6-4-5-7-20(18)19)22-15(2)34-24(36-22)17-10-11-21(33-13-17)26(29,30)31/h4-11,13,23H,3,14H2,1-2H3. The van der Waals surface area contributed by atoms with Crippen LogP contribution in [0.1, 0.15) is 46.8 Å². The van der Waals surface area contributed by atoms with Crippen molar-refractivity contribution in [3.8, 4) is 16.6 Å². The van der Waals surface area contributed by atoms with Crippen molar-refractivity contribution in [1.82, 2.24) is 9.97 Å². The molecular formula is C26H20F5N3OS. The molecule has 186 valence electrons. The highest BCUT2D eigenvalue weighted by Gasteiger charge is 2.42. The molecule has 1 atom stereocenters. The molecule has 10 heteroatoms. The van der Waals surface area contributed by atoms with Crippen molar-refractivity contribution < 1.29 is 26.7 Å². The van der Waals surface area contributed by atoms with E-state index in [0.29, 0.717) is 27.8 Å². The van der Waals surface area contributed by atoms with Gasteiger partial charge in [-0.1, -0.05) is 37.3 Å². The van der Waals surface area contributed by atoms with Gasteiger partial charge < -0.3 is 4.74 Å². The van der Waals surface area contributed by atoms with Gasteiger partial charge >= 0.3 is 6.18 Å². The number of thiazole rings is 1. The Morgan fingerprint density at radius 1 is 1.03 bits per heavy atom. The smallest absolute Gasteiger partial charge is 0.362 e. The number of nitrogens with zero attached hydrogens (tertiary/aromatic N) is 3. The van der Waals surface area contributed by atoms with Crippen molar-refractivity contribution in [3.05, 3.63) is 82.1 Å². The zero-order chi connectivity index (χ0) is 26.1. The average Bonchev–Trinajstić information content (AvgIpc) is 3.24. The quantitative estimate of drug-likeness (QED) is 0.234. The van der Waals surface area contributed by atoms with Crippen LogP contribution in [0.2, 0.25) is 0 Å². The van der Waals surface area contributed by atoms with Gasteiger partial charge in [0.25, 0.3) is 5.92 Å². The first-order valence-electron chi connectivity index (χ1n) is 11.0. The fourth-order valence-electron chi connectivity index (χ4n) is 3.80. The second-order valence-electron chi connectivity index (χ2n) is 8.13. The number of alkyl halides is 5. The molecule has 0 spiro atoms. The summed E-state index contributed by atoms with van der Waals surface area (Å²) in [6, 6.07) is 14.7. The average molecular weight is 518 g/mol. The molecule has 2 aromatic carbocycles. The van der Waals surface area contributed by atoms with Crippen LogP contribution in [0.4, 0.5) is 22.0 Å². The van der Waals surface area contributed by atoms with Gasteiger partial charge in [-0.3, -0.25) is 4.98 Å². The van der Waals surface area contributed by atoms with Crippen LogP contribution in [0.15, 0.2) is 54.7 Å². The molecule has 2 heterocycles. The lowest BCUT2D eigenvalue weighted by atomic mass is 10.0. The molecule has 0 aliphatic heterocycles. The van der Waals surface area contributed by atoms with Crippen molar-refractivity contribution in [2.45, 2.75) is 45.1 Å². The van der Waals surface area contributed by atoms with Crippen LogP contribution in [0.25, 0.3) is 21.3 Å². The molecule has 0 amide bonds. The lowest BCUT2D eigenvalue weighted by Crippen LogP contribution is -2.27. The normalized spacial score (nSPS) is 13.1. The second kappa shape index (κ2) is 9.91. The fourth-order valence-corrected chi connectivity index (χ4v) is 4.97. The molecule has 0 radical (unpaired) electrons. The van der Waals surface area contributed by atoms with Crippen molar-refractivity contribution in [2.75, 3.05) is 0 Å². The number of halogens is 5. The molecule has 1 unspecified atom stereocenters. The zero-order valence-corrected chi connectivity index (χ0v) is 20.1. The molecule has 4 rings (SSSR count). The van der Waals surface area contributed by atoms with Crippen LogP contribution in [0.5, 0.6) is 0 Å². The van der Waals surface area contributed by atoms with E-state index in [9.17, 15) is 18.4 Å². The first kappa shape index (κ1) is 25.7. The number of ether oxygens (including phenoxy) is 1.